The summed E-state index contributed by atoms with van der Waals surface area (Å²) in [6.07, 6.45) is 0. The zero-order valence-corrected chi connectivity index (χ0v) is 15.3. The summed E-state index contributed by atoms with van der Waals surface area (Å²) in [6.45, 7) is 4.54. The van der Waals surface area contributed by atoms with E-state index in [1.807, 2.05) is 31.2 Å². The normalized spacial score (nSPS) is 10.8. The number of carbonyl (C=O) groups is 1. The lowest BCUT2D eigenvalue weighted by atomic mass is 10.1. The molecule has 6 heteroatoms. The zero-order valence-electron chi connectivity index (χ0n) is 14.6. The van der Waals surface area contributed by atoms with Gasteiger partial charge in [0.2, 0.25) is 0 Å². The highest BCUT2D eigenvalue weighted by molar-refractivity contribution is 6.33. The molecule has 1 heterocycles. The fourth-order valence-corrected chi connectivity index (χ4v) is 2.98. The van der Waals surface area contributed by atoms with Crippen LogP contribution in [0.2, 0.25) is 5.15 Å². The zero-order chi connectivity index (χ0) is 18.7. The highest BCUT2D eigenvalue weighted by Crippen LogP contribution is 2.21. The van der Waals surface area contributed by atoms with Crippen LogP contribution in [-0.4, -0.2) is 15.7 Å². The van der Waals surface area contributed by atoms with E-state index < -0.39 is 0 Å². The van der Waals surface area contributed by atoms with Gasteiger partial charge in [-0.2, -0.15) is 5.10 Å². The van der Waals surface area contributed by atoms with Gasteiger partial charge in [0.15, 0.2) is 0 Å². The number of halogens is 2. The molecule has 0 saturated carbocycles. The van der Waals surface area contributed by atoms with Crippen LogP contribution in [0.15, 0.2) is 48.5 Å². The van der Waals surface area contributed by atoms with E-state index in [0.29, 0.717) is 24.3 Å². The number of benzene rings is 2. The lowest BCUT2D eigenvalue weighted by Crippen LogP contribution is -2.23. The summed E-state index contributed by atoms with van der Waals surface area (Å²) in [5.41, 5.74) is 3.94. The van der Waals surface area contributed by atoms with Crippen molar-refractivity contribution in [3.05, 3.63) is 87.4 Å². The summed E-state index contributed by atoms with van der Waals surface area (Å²) < 4.78 is 14.6. The van der Waals surface area contributed by atoms with Crippen molar-refractivity contribution in [3.8, 4) is 0 Å². The molecule has 0 aliphatic carbocycles. The van der Waals surface area contributed by atoms with Crippen molar-refractivity contribution in [3.63, 3.8) is 0 Å². The number of hydrogen-bond donors (Lipinski definition) is 1. The van der Waals surface area contributed by atoms with E-state index in [9.17, 15) is 9.18 Å². The Hall–Kier alpha value is -2.66. The van der Waals surface area contributed by atoms with Gasteiger partial charge in [-0.1, -0.05) is 53.6 Å². The molecular formula is C20H19ClFN3O. The van der Waals surface area contributed by atoms with E-state index in [4.69, 9.17) is 11.6 Å². The third-order valence-electron chi connectivity index (χ3n) is 4.11. The van der Waals surface area contributed by atoms with Gasteiger partial charge >= 0.3 is 0 Å². The molecule has 1 amide bonds. The average Bonchev–Trinajstić information content (AvgIpc) is 2.90. The molecule has 0 bridgehead atoms. The van der Waals surface area contributed by atoms with Crippen LogP contribution in [0.25, 0.3) is 0 Å². The lowest BCUT2D eigenvalue weighted by molar-refractivity contribution is 0.0950. The molecule has 0 fully saturated rings. The SMILES string of the molecule is Cc1ccc(CNC(=O)c2c(C)nn(Cc3ccc(F)cc3)c2Cl)cc1. The Morgan fingerprint density at radius 3 is 2.35 bits per heavy atom. The molecule has 0 aliphatic rings. The fraction of sp³-hybridized carbons (Fsp3) is 0.200. The first-order valence-corrected chi connectivity index (χ1v) is 8.63. The molecule has 4 nitrogen and oxygen atoms in total. The van der Waals surface area contributed by atoms with E-state index in [1.165, 1.54) is 17.7 Å². The van der Waals surface area contributed by atoms with Crippen molar-refractivity contribution >= 4 is 17.5 Å². The van der Waals surface area contributed by atoms with E-state index in [0.717, 1.165) is 11.1 Å². The van der Waals surface area contributed by atoms with Crippen LogP contribution in [0.4, 0.5) is 4.39 Å². The minimum absolute atomic E-state index is 0.265. The van der Waals surface area contributed by atoms with Crippen molar-refractivity contribution in [2.75, 3.05) is 0 Å². The highest BCUT2D eigenvalue weighted by Gasteiger charge is 2.20. The van der Waals surface area contributed by atoms with Crippen LogP contribution in [0.3, 0.4) is 0 Å². The van der Waals surface area contributed by atoms with Gasteiger partial charge in [-0.15, -0.1) is 0 Å². The second-order valence-corrected chi connectivity index (χ2v) is 6.56. The van der Waals surface area contributed by atoms with E-state index in [1.54, 1.807) is 23.7 Å². The summed E-state index contributed by atoms with van der Waals surface area (Å²) in [5, 5.41) is 7.49. The molecule has 3 rings (SSSR count). The molecule has 1 N–H and O–H groups in total. The van der Waals surface area contributed by atoms with Crippen molar-refractivity contribution < 1.29 is 9.18 Å². The van der Waals surface area contributed by atoms with Crippen molar-refractivity contribution in [2.24, 2.45) is 0 Å². The number of nitrogens with zero attached hydrogens (tertiary/aromatic N) is 2. The quantitative estimate of drug-likeness (QED) is 0.728. The van der Waals surface area contributed by atoms with Gasteiger partial charge in [0.05, 0.1) is 17.8 Å². The van der Waals surface area contributed by atoms with Crippen molar-refractivity contribution in [1.82, 2.24) is 15.1 Å². The summed E-state index contributed by atoms with van der Waals surface area (Å²) in [4.78, 5) is 12.5. The Kier molecular flexibility index (Phi) is 5.38. The second-order valence-electron chi connectivity index (χ2n) is 6.20. The monoisotopic (exact) mass is 371 g/mol. The van der Waals surface area contributed by atoms with Crippen LogP contribution in [0.1, 0.15) is 32.7 Å². The summed E-state index contributed by atoms with van der Waals surface area (Å²) in [6, 6.07) is 14.0. The number of hydrogen-bond acceptors (Lipinski definition) is 2. The largest absolute Gasteiger partial charge is 0.348 e. The number of aryl methyl sites for hydroxylation is 2. The topological polar surface area (TPSA) is 46.9 Å². The number of aromatic nitrogens is 2. The highest BCUT2D eigenvalue weighted by atomic mass is 35.5. The van der Waals surface area contributed by atoms with Crippen LogP contribution in [0, 0.1) is 19.7 Å². The molecule has 0 unspecified atom stereocenters. The maximum absolute atomic E-state index is 13.0. The Morgan fingerprint density at radius 2 is 1.69 bits per heavy atom. The minimum atomic E-state index is -0.298. The number of nitrogens with one attached hydrogen (secondary N) is 1. The summed E-state index contributed by atoms with van der Waals surface area (Å²) >= 11 is 6.37. The molecule has 0 spiro atoms. The molecule has 0 radical (unpaired) electrons. The number of amides is 1. The number of carbonyl (C=O) groups excluding carboxylic acids is 1. The summed E-state index contributed by atoms with van der Waals surface area (Å²) in [5.74, 6) is -0.564. The maximum atomic E-state index is 13.0. The predicted octanol–water partition coefficient (Wildman–Crippen LogP) is 4.27. The van der Waals surface area contributed by atoms with Gasteiger partial charge in [0.25, 0.3) is 5.91 Å². The lowest BCUT2D eigenvalue weighted by Gasteiger charge is -2.06. The van der Waals surface area contributed by atoms with Gasteiger partial charge in [-0.3, -0.25) is 4.79 Å². The molecule has 0 atom stereocenters. The van der Waals surface area contributed by atoms with Crippen molar-refractivity contribution in [2.45, 2.75) is 26.9 Å². The van der Waals surface area contributed by atoms with Gasteiger partial charge < -0.3 is 5.32 Å². The van der Waals surface area contributed by atoms with Crippen LogP contribution in [-0.2, 0) is 13.1 Å². The Labute approximate surface area is 156 Å². The van der Waals surface area contributed by atoms with Crippen LogP contribution < -0.4 is 5.32 Å². The Morgan fingerprint density at radius 1 is 1.08 bits per heavy atom. The van der Waals surface area contributed by atoms with Crippen LogP contribution in [0.5, 0.6) is 0 Å². The molecule has 1 aromatic heterocycles. The molecule has 3 aromatic rings. The molecule has 134 valence electrons. The molecular weight excluding hydrogens is 353 g/mol. The van der Waals surface area contributed by atoms with Gasteiger partial charge in [-0.05, 0) is 37.1 Å². The third-order valence-corrected chi connectivity index (χ3v) is 4.50. The van der Waals surface area contributed by atoms with E-state index >= 15 is 0 Å². The summed E-state index contributed by atoms with van der Waals surface area (Å²) in [7, 11) is 0. The number of rotatable bonds is 5. The van der Waals surface area contributed by atoms with Gasteiger partial charge in [-0.25, -0.2) is 9.07 Å². The smallest absolute Gasteiger partial charge is 0.256 e. The molecule has 2 aromatic carbocycles. The second kappa shape index (κ2) is 7.70. The first kappa shape index (κ1) is 18.1. The predicted molar refractivity (Wildman–Crippen MR) is 99.8 cm³/mol. The molecule has 0 saturated heterocycles. The van der Waals surface area contributed by atoms with E-state index in [2.05, 4.69) is 10.4 Å². The average molecular weight is 372 g/mol. The first-order chi connectivity index (χ1) is 12.4. The van der Waals surface area contributed by atoms with Gasteiger partial charge in [0, 0.05) is 6.54 Å². The molecule has 0 aliphatic heterocycles. The van der Waals surface area contributed by atoms with E-state index in [-0.39, 0.29) is 16.9 Å². The maximum Gasteiger partial charge on any atom is 0.256 e. The Balaban J connectivity index is 1.73. The standard InChI is InChI=1S/C20H19ClFN3O/c1-13-3-5-15(6-4-13)11-23-20(26)18-14(2)24-25(19(18)21)12-16-7-9-17(22)10-8-16/h3-10H,11-12H2,1-2H3,(H,23,26). The molecule has 26 heavy (non-hydrogen) atoms. The van der Waals surface area contributed by atoms with Crippen LogP contribution >= 0.6 is 11.6 Å². The van der Waals surface area contributed by atoms with Gasteiger partial charge in [0.1, 0.15) is 11.0 Å². The minimum Gasteiger partial charge on any atom is -0.348 e. The van der Waals surface area contributed by atoms with Crippen molar-refractivity contribution in [1.29, 1.82) is 0 Å². The first-order valence-electron chi connectivity index (χ1n) is 8.25. The third kappa shape index (κ3) is 4.11. The fourth-order valence-electron chi connectivity index (χ4n) is 2.66. The Bertz CT molecular complexity index is 917.